The molecule has 10 heteroatoms. The molecule has 3 unspecified atom stereocenters. The van der Waals surface area contributed by atoms with E-state index in [2.05, 4.69) is 29.4 Å². The highest BCUT2D eigenvalue weighted by Gasteiger charge is 2.40. The van der Waals surface area contributed by atoms with Crippen molar-refractivity contribution in [1.82, 2.24) is 25.3 Å². The normalized spacial score (nSPS) is 22.2. The highest BCUT2D eigenvalue weighted by atomic mass is 16.5. The highest BCUT2D eigenvalue weighted by Crippen LogP contribution is 2.27. The van der Waals surface area contributed by atoms with Gasteiger partial charge in [0.25, 0.3) is 0 Å². The van der Waals surface area contributed by atoms with Crippen molar-refractivity contribution in [3.05, 3.63) is 11.6 Å². The lowest BCUT2D eigenvalue weighted by Gasteiger charge is -2.41. The summed E-state index contributed by atoms with van der Waals surface area (Å²) < 4.78 is 5.58. The first-order valence-corrected chi connectivity index (χ1v) is 17.3. The molecule has 0 bridgehead atoms. The van der Waals surface area contributed by atoms with Crippen LogP contribution in [0.1, 0.15) is 108 Å². The molecule has 5 atom stereocenters. The zero-order chi connectivity index (χ0) is 34.1. The number of nitrogens with zero attached hydrogens (tertiary/aromatic N) is 3. The van der Waals surface area contributed by atoms with E-state index in [9.17, 15) is 19.5 Å². The monoisotopic (exact) mass is 635 g/mol. The SMILES string of the molecule is C/C(=C\[C@H](C(C)C)N(C)C(=O)C(NC(=O)C1CCCCN1C(C)C)C(C)(C)C)C(=O)N1CCC[C@H]1C(O)NCCCOC(C)C. The number of ether oxygens (including phenoxy) is 1. The maximum Gasteiger partial charge on any atom is 0.249 e. The average molecular weight is 636 g/mol. The molecule has 2 aliphatic heterocycles. The van der Waals surface area contributed by atoms with Crippen molar-refractivity contribution in [1.29, 1.82) is 0 Å². The van der Waals surface area contributed by atoms with Crippen LogP contribution in [-0.4, -0.2) is 113 Å². The summed E-state index contributed by atoms with van der Waals surface area (Å²) >= 11 is 0. The van der Waals surface area contributed by atoms with Crippen LogP contribution in [0, 0.1) is 11.3 Å². The second kappa shape index (κ2) is 17.8. The van der Waals surface area contributed by atoms with Crippen LogP contribution in [0.4, 0.5) is 0 Å². The summed E-state index contributed by atoms with van der Waals surface area (Å²) in [6.07, 6.45) is 6.43. The van der Waals surface area contributed by atoms with E-state index in [0.717, 1.165) is 45.1 Å². The number of rotatable bonds is 15. The summed E-state index contributed by atoms with van der Waals surface area (Å²) in [6, 6.07) is -1.37. The number of carbonyl (C=O) groups excluding carboxylic acids is 3. The van der Waals surface area contributed by atoms with Crippen molar-refractivity contribution < 1.29 is 24.2 Å². The number of piperidine rings is 1. The van der Waals surface area contributed by atoms with Crippen LogP contribution < -0.4 is 10.6 Å². The van der Waals surface area contributed by atoms with Crippen molar-refractivity contribution in [2.45, 2.75) is 150 Å². The Hall–Kier alpha value is -2.01. The van der Waals surface area contributed by atoms with E-state index < -0.39 is 17.7 Å². The lowest BCUT2D eigenvalue weighted by atomic mass is 9.84. The molecule has 2 fully saturated rings. The highest BCUT2D eigenvalue weighted by molar-refractivity contribution is 5.94. The lowest BCUT2D eigenvalue weighted by molar-refractivity contribution is -0.142. The Morgan fingerprint density at radius 3 is 2.27 bits per heavy atom. The molecular formula is C35H65N5O5. The Kier molecular flexibility index (Phi) is 15.5. The van der Waals surface area contributed by atoms with Crippen LogP contribution in [0.15, 0.2) is 11.6 Å². The number of hydrogen-bond acceptors (Lipinski definition) is 7. The molecule has 0 aliphatic carbocycles. The van der Waals surface area contributed by atoms with Gasteiger partial charge in [0.1, 0.15) is 12.3 Å². The maximum atomic E-state index is 14.1. The first-order valence-electron chi connectivity index (χ1n) is 17.3. The van der Waals surface area contributed by atoms with Gasteiger partial charge in [0, 0.05) is 31.8 Å². The molecule has 0 aromatic heterocycles. The zero-order valence-corrected chi connectivity index (χ0v) is 30.2. The van der Waals surface area contributed by atoms with Crippen molar-refractivity contribution in [3.8, 4) is 0 Å². The molecule has 3 N–H and O–H groups in total. The summed E-state index contributed by atoms with van der Waals surface area (Å²) in [4.78, 5) is 47.1. The number of carbonyl (C=O) groups is 3. The predicted octanol–water partition coefficient (Wildman–Crippen LogP) is 3.92. The van der Waals surface area contributed by atoms with E-state index in [1.54, 1.807) is 23.8 Å². The third-order valence-corrected chi connectivity index (χ3v) is 9.20. The number of aliphatic hydroxyl groups excluding tert-OH is 1. The zero-order valence-electron chi connectivity index (χ0n) is 30.2. The van der Waals surface area contributed by atoms with E-state index in [0.29, 0.717) is 25.3 Å². The molecule has 45 heavy (non-hydrogen) atoms. The summed E-state index contributed by atoms with van der Waals surface area (Å²) in [7, 11) is 1.77. The average Bonchev–Trinajstić information content (AvgIpc) is 3.46. The van der Waals surface area contributed by atoms with Crippen LogP contribution >= 0.6 is 0 Å². The summed E-state index contributed by atoms with van der Waals surface area (Å²) in [6.45, 7) is 22.7. The van der Waals surface area contributed by atoms with Gasteiger partial charge in [-0.15, -0.1) is 0 Å². The molecule has 0 spiro atoms. The standard InChI is InChI=1S/C35H65N5O5/c1-23(2)29(22-26(7)33(43)40-20-14-17-27(40)31(41)36-18-15-21-45-25(5)6)38(11)34(44)30(35(8,9)10)37-32(42)28-16-12-13-19-39(28)24(3)4/h22-25,27-31,36,41H,12-21H2,1-11H3,(H,37,42)/b26-22+/t27-,28?,29+,30?,31?/m0/s1. The number of amides is 3. The van der Waals surface area contributed by atoms with Crippen molar-refractivity contribution in [2.75, 3.05) is 33.3 Å². The van der Waals surface area contributed by atoms with E-state index in [-0.39, 0.29) is 53.9 Å². The Bertz CT molecular complexity index is 991. The second-order valence-electron chi connectivity index (χ2n) is 15.1. The summed E-state index contributed by atoms with van der Waals surface area (Å²) in [5.74, 6) is -0.354. The molecule has 2 saturated heterocycles. The fourth-order valence-electron chi connectivity index (χ4n) is 6.55. The van der Waals surface area contributed by atoms with Gasteiger partial charge in [-0.25, -0.2) is 0 Å². The largest absolute Gasteiger partial charge is 0.379 e. The molecule has 3 amide bonds. The first kappa shape index (κ1) is 39.2. The van der Waals surface area contributed by atoms with Crippen LogP contribution in [0.2, 0.25) is 0 Å². The molecule has 10 nitrogen and oxygen atoms in total. The van der Waals surface area contributed by atoms with Crippen molar-refractivity contribution in [2.24, 2.45) is 11.3 Å². The smallest absolute Gasteiger partial charge is 0.249 e. The van der Waals surface area contributed by atoms with Gasteiger partial charge in [-0.05, 0) is 91.1 Å². The minimum atomic E-state index is -0.819. The predicted molar refractivity (Wildman–Crippen MR) is 180 cm³/mol. The Balaban J connectivity index is 2.17. The molecule has 2 aliphatic rings. The van der Waals surface area contributed by atoms with Crippen LogP contribution in [0.3, 0.4) is 0 Å². The van der Waals surface area contributed by atoms with E-state index in [1.165, 1.54) is 0 Å². The van der Waals surface area contributed by atoms with Crippen LogP contribution in [0.5, 0.6) is 0 Å². The maximum absolute atomic E-state index is 14.1. The van der Waals surface area contributed by atoms with Gasteiger partial charge < -0.3 is 25.0 Å². The van der Waals surface area contributed by atoms with Gasteiger partial charge in [0.2, 0.25) is 17.7 Å². The number of aliphatic hydroxyl groups is 1. The van der Waals surface area contributed by atoms with E-state index in [4.69, 9.17) is 4.74 Å². The van der Waals surface area contributed by atoms with Gasteiger partial charge in [0.15, 0.2) is 0 Å². The third-order valence-electron chi connectivity index (χ3n) is 9.20. The van der Waals surface area contributed by atoms with Crippen LogP contribution in [0.25, 0.3) is 0 Å². The van der Waals surface area contributed by atoms with Gasteiger partial charge in [-0.2, -0.15) is 0 Å². The fourth-order valence-corrected chi connectivity index (χ4v) is 6.55. The third kappa shape index (κ3) is 11.3. The first-order chi connectivity index (χ1) is 21.0. The minimum absolute atomic E-state index is 0.0301. The summed E-state index contributed by atoms with van der Waals surface area (Å²) in [5, 5.41) is 17.2. The Morgan fingerprint density at radius 1 is 1.02 bits per heavy atom. The number of hydrogen-bond donors (Lipinski definition) is 3. The molecule has 260 valence electrons. The number of likely N-dealkylation sites (tertiary alicyclic amines) is 2. The van der Waals surface area contributed by atoms with E-state index >= 15 is 0 Å². The molecule has 2 heterocycles. The molecular weight excluding hydrogens is 570 g/mol. The lowest BCUT2D eigenvalue weighted by Crippen LogP contribution is -2.60. The molecule has 0 saturated carbocycles. The molecule has 2 rings (SSSR count). The molecule has 0 aromatic carbocycles. The van der Waals surface area contributed by atoms with Crippen molar-refractivity contribution >= 4 is 17.7 Å². The Morgan fingerprint density at radius 2 is 1.69 bits per heavy atom. The van der Waals surface area contributed by atoms with Crippen LogP contribution in [-0.2, 0) is 19.1 Å². The van der Waals surface area contributed by atoms with Gasteiger partial charge in [0.05, 0.1) is 24.2 Å². The van der Waals surface area contributed by atoms with E-state index in [1.807, 2.05) is 54.5 Å². The topological polar surface area (TPSA) is 114 Å². The Labute approximate surface area is 273 Å². The summed E-state index contributed by atoms with van der Waals surface area (Å²) in [5.41, 5.74) is 0.0326. The second-order valence-corrected chi connectivity index (χ2v) is 15.1. The minimum Gasteiger partial charge on any atom is -0.379 e. The quantitative estimate of drug-likeness (QED) is 0.142. The number of nitrogens with one attached hydrogen (secondary N) is 2. The molecule has 0 radical (unpaired) electrons. The fraction of sp³-hybridized carbons (Fsp3) is 0.857. The van der Waals surface area contributed by atoms with Gasteiger partial charge in [-0.1, -0.05) is 47.1 Å². The van der Waals surface area contributed by atoms with Gasteiger partial charge >= 0.3 is 0 Å². The molecule has 0 aromatic rings. The number of likely N-dealkylation sites (N-methyl/N-ethyl adjacent to an activating group) is 1. The van der Waals surface area contributed by atoms with Gasteiger partial charge in [-0.3, -0.25) is 24.6 Å². The van der Waals surface area contributed by atoms with Crippen molar-refractivity contribution in [3.63, 3.8) is 0 Å².